The van der Waals surface area contributed by atoms with E-state index in [0.29, 0.717) is 13.1 Å². The Morgan fingerprint density at radius 3 is 2.59 bits per heavy atom. The molecule has 6 heteroatoms. The van der Waals surface area contributed by atoms with E-state index in [1.165, 1.54) is 4.88 Å². The van der Waals surface area contributed by atoms with Crippen LogP contribution in [0.25, 0.3) is 10.6 Å². The highest BCUT2D eigenvalue weighted by molar-refractivity contribution is 7.15. The van der Waals surface area contributed by atoms with Gasteiger partial charge in [-0.2, -0.15) is 0 Å². The molecule has 0 saturated heterocycles. The van der Waals surface area contributed by atoms with Gasteiger partial charge in [0.25, 0.3) is 0 Å². The lowest BCUT2D eigenvalue weighted by atomic mass is 10.2. The molecule has 0 fully saturated rings. The first-order valence-corrected chi connectivity index (χ1v) is 9.60. The van der Waals surface area contributed by atoms with Crippen molar-refractivity contribution in [3.8, 4) is 16.3 Å². The molecular formula is C21H24N4OS. The molecule has 0 saturated carbocycles. The number of methoxy groups -OCH3 is 1. The topological polar surface area (TPSA) is 58.5 Å². The van der Waals surface area contributed by atoms with Gasteiger partial charge in [0.1, 0.15) is 10.8 Å². The van der Waals surface area contributed by atoms with Crippen molar-refractivity contribution in [2.75, 3.05) is 14.2 Å². The van der Waals surface area contributed by atoms with E-state index < -0.39 is 0 Å². The molecule has 0 aliphatic carbocycles. The zero-order valence-electron chi connectivity index (χ0n) is 15.8. The molecule has 0 spiro atoms. The predicted octanol–water partition coefficient (Wildman–Crippen LogP) is 3.99. The van der Waals surface area contributed by atoms with Crippen LogP contribution in [-0.2, 0) is 13.1 Å². The minimum atomic E-state index is 0.674. The van der Waals surface area contributed by atoms with Crippen LogP contribution in [0.2, 0.25) is 0 Å². The first-order valence-electron chi connectivity index (χ1n) is 8.78. The number of benzene rings is 2. The minimum absolute atomic E-state index is 0.674. The van der Waals surface area contributed by atoms with Gasteiger partial charge < -0.3 is 15.4 Å². The Morgan fingerprint density at radius 1 is 1.07 bits per heavy atom. The number of hydrogen-bond donors (Lipinski definition) is 2. The van der Waals surface area contributed by atoms with E-state index in [1.807, 2.05) is 43.3 Å². The summed E-state index contributed by atoms with van der Waals surface area (Å²) in [5, 5.41) is 7.75. The summed E-state index contributed by atoms with van der Waals surface area (Å²) in [7, 11) is 3.45. The molecule has 140 valence electrons. The number of guanidine groups is 1. The van der Waals surface area contributed by atoms with Crippen LogP contribution in [-0.4, -0.2) is 25.1 Å². The summed E-state index contributed by atoms with van der Waals surface area (Å²) < 4.78 is 5.27. The number of nitrogens with one attached hydrogen (secondary N) is 2. The second kappa shape index (κ2) is 9.19. The zero-order chi connectivity index (χ0) is 19.1. The quantitative estimate of drug-likeness (QED) is 0.501. The van der Waals surface area contributed by atoms with Gasteiger partial charge in [-0.15, -0.1) is 11.3 Å². The third-order valence-electron chi connectivity index (χ3n) is 4.15. The van der Waals surface area contributed by atoms with Crippen LogP contribution in [0.1, 0.15) is 16.1 Å². The van der Waals surface area contributed by atoms with Gasteiger partial charge in [0.05, 0.1) is 19.3 Å². The molecule has 2 aromatic carbocycles. The average molecular weight is 381 g/mol. The summed E-state index contributed by atoms with van der Waals surface area (Å²) in [4.78, 5) is 10.2. The van der Waals surface area contributed by atoms with Crippen molar-refractivity contribution in [3.63, 3.8) is 0 Å². The monoisotopic (exact) mass is 380 g/mol. The van der Waals surface area contributed by atoms with Crippen LogP contribution in [0, 0.1) is 6.92 Å². The molecule has 2 N–H and O–H groups in total. The molecule has 0 unspecified atom stereocenters. The van der Waals surface area contributed by atoms with Crippen molar-refractivity contribution < 1.29 is 4.74 Å². The summed E-state index contributed by atoms with van der Waals surface area (Å²) >= 11 is 1.71. The van der Waals surface area contributed by atoms with Crippen LogP contribution in [0.5, 0.6) is 5.75 Å². The van der Waals surface area contributed by atoms with Crippen LogP contribution >= 0.6 is 11.3 Å². The zero-order valence-corrected chi connectivity index (χ0v) is 16.6. The molecule has 5 nitrogen and oxygen atoms in total. The molecule has 3 rings (SSSR count). The second-order valence-electron chi connectivity index (χ2n) is 6.02. The smallest absolute Gasteiger partial charge is 0.191 e. The number of aromatic nitrogens is 1. The summed E-state index contributed by atoms with van der Waals surface area (Å²) in [6.07, 6.45) is 0. The molecule has 0 radical (unpaired) electrons. The van der Waals surface area contributed by atoms with E-state index in [-0.39, 0.29) is 0 Å². The van der Waals surface area contributed by atoms with Crippen molar-refractivity contribution in [2.45, 2.75) is 20.0 Å². The Kier molecular flexibility index (Phi) is 6.44. The lowest BCUT2D eigenvalue weighted by Crippen LogP contribution is -2.36. The third-order valence-corrected chi connectivity index (χ3v) is 5.35. The molecule has 0 aliphatic heterocycles. The lowest BCUT2D eigenvalue weighted by Gasteiger charge is -2.12. The fourth-order valence-electron chi connectivity index (χ4n) is 2.65. The predicted molar refractivity (Wildman–Crippen MR) is 112 cm³/mol. The van der Waals surface area contributed by atoms with Gasteiger partial charge in [-0.3, -0.25) is 4.99 Å². The van der Waals surface area contributed by atoms with E-state index in [2.05, 4.69) is 33.8 Å². The molecule has 0 aliphatic rings. The Balaban J connectivity index is 1.59. The summed E-state index contributed by atoms with van der Waals surface area (Å²) in [5.41, 5.74) is 3.34. The first kappa shape index (κ1) is 18.9. The number of aryl methyl sites for hydroxylation is 1. The molecule has 1 aromatic heterocycles. The molecule has 0 bridgehead atoms. The van der Waals surface area contributed by atoms with Crippen LogP contribution in [0.15, 0.2) is 59.6 Å². The number of ether oxygens (including phenoxy) is 1. The number of hydrogen-bond acceptors (Lipinski definition) is 4. The third kappa shape index (κ3) is 5.08. The molecule has 3 aromatic rings. The molecule has 1 heterocycles. The maximum Gasteiger partial charge on any atom is 0.191 e. The van der Waals surface area contributed by atoms with Crippen molar-refractivity contribution in [3.05, 3.63) is 70.7 Å². The number of thiazole rings is 1. The largest absolute Gasteiger partial charge is 0.497 e. The minimum Gasteiger partial charge on any atom is -0.497 e. The highest BCUT2D eigenvalue weighted by Crippen LogP contribution is 2.27. The van der Waals surface area contributed by atoms with E-state index in [9.17, 15) is 0 Å². The van der Waals surface area contributed by atoms with E-state index in [1.54, 1.807) is 25.5 Å². The van der Waals surface area contributed by atoms with Crippen LogP contribution < -0.4 is 15.4 Å². The van der Waals surface area contributed by atoms with Crippen molar-refractivity contribution in [1.82, 2.24) is 15.6 Å². The maximum absolute atomic E-state index is 5.27. The average Bonchev–Trinajstić information content (AvgIpc) is 3.09. The second-order valence-corrected chi connectivity index (χ2v) is 7.11. The number of rotatable bonds is 6. The Bertz CT molecular complexity index is 906. The fourth-order valence-corrected chi connectivity index (χ4v) is 3.66. The Hall–Kier alpha value is -2.86. The highest BCUT2D eigenvalue weighted by atomic mass is 32.1. The van der Waals surface area contributed by atoms with E-state index in [0.717, 1.165) is 33.5 Å². The standard InChI is InChI=1S/C21H24N4OS/c1-15-19(27-20(25-15)17-9-5-4-6-10-17)14-24-21(22-2)23-13-16-8-7-11-18(12-16)26-3/h4-12H,13-14H2,1-3H3,(H2,22,23,24). The first-order chi connectivity index (χ1) is 13.2. The van der Waals surface area contributed by atoms with Gasteiger partial charge in [-0.25, -0.2) is 4.98 Å². The highest BCUT2D eigenvalue weighted by Gasteiger charge is 2.10. The molecular weight excluding hydrogens is 356 g/mol. The van der Waals surface area contributed by atoms with E-state index >= 15 is 0 Å². The van der Waals surface area contributed by atoms with Gasteiger partial charge in [-0.1, -0.05) is 42.5 Å². The van der Waals surface area contributed by atoms with Crippen molar-refractivity contribution in [1.29, 1.82) is 0 Å². The van der Waals surface area contributed by atoms with Gasteiger partial charge in [-0.05, 0) is 24.6 Å². The Morgan fingerprint density at radius 2 is 1.85 bits per heavy atom. The summed E-state index contributed by atoms with van der Waals surface area (Å²) in [6.45, 7) is 3.41. The molecule has 0 atom stereocenters. The number of aliphatic imine (C=N–C) groups is 1. The maximum atomic E-state index is 5.27. The lowest BCUT2D eigenvalue weighted by molar-refractivity contribution is 0.414. The fraction of sp³-hybridized carbons (Fsp3) is 0.238. The van der Waals surface area contributed by atoms with Crippen LogP contribution in [0.3, 0.4) is 0 Å². The summed E-state index contributed by atoms with van der Waals surface area (Å²) in [5.74, 6) is 1.61. The normalized spacial score (nSPS) is 11.3. The van der Waals surface area contributed by atoms with Crippen molar-refractivity contribution >= 4 is 17.3 Å². The van der Waals surface area contributed by atoms with Gasteiger partial charge in [0.15, 0.2) is 5.96 Å². The van der Waals surface area contributed by atoms with Crippen molar-refractivity contribution in [2.24, 2.45) is 4.99 Å². The van der Waals surface area contributed by atoms with Crippen LogP contribution in [0.4, 0.5) is 0 Å². The van der Waals surface area contributed by atoms with Gasteiger partial charge in [0.2, 0.25) is 0 Å². The molecule has 27 heavy (non-hydrogen) atoms. The van der Waals surface area contributed by atoms with Gasteiger partial charge >= 0.3 is 0 Å². The van der Waals surface area contributed by atoms with E-state index in [4.69, 9.17) is 9.72 Å². The summed E-state index contributed by atoms with van der Waals surface area (Å²) in [6, 6.07) is 18.3. The SMILES string of the molecule is CN=C(NCc1cccc(OC)c1)NCc1sc(-c2ccccc2)nc1C. The molecule has 0 amide bonds. The Labute approximate surface area is 164 Å². The number of nitrogens with zero attached hydrogens (tertiary/aromatic N) is 2. The van der Waals surface area contributed by atoms with Gasteiger partial charge in [0, 0.05) is 24.0 Å².